The summed E-state index contributed by atoms with van der Waals surface area (Å²) in [6.07, 6.45) is 4.90. The number of nitrogens with one attached hydrogen (secondary N) is 1. The summed E-state index contributed by atoms with van der Waals surface area (Å²) in [7, 11) is 0. The van der Waals surface area contributed by atoms with Crippen LogP contribution in [0, 0.1) is 5.82 Å². The second kappa shape index (κ2) is 8.04. The van der Waals surface area contributed by atoms with Gasteiger partial charge >= 0.3 is 0 Å². The molecule has 0 saturated carbocycles. The Kier molecular flexibility index (Phi) is 5.33. The number of amides is 1. The van der Waals surface area contributed by atoms with Crippen LogP contribution in [0.4, 0.5) is 10.3 Å². The zero-order valence-electron chi connectivity index (χ0n) is 15.4. The Bertz CT molecular complexity index is 736. The molecule has 1 aromatic heterocycles. The first-order valence-electron chi connectivity index (χ1n) is 9.61. The van der Waals surface area contributed by atoms with Crippen molar-refractivity contribution in [1.29, 1.82) is 0 Å². The number of carbonyl (C=O) groups excluding carboxylic acids is 1. The maximum absolute atomic E-state index is 13.4. The minimum absolute atomic E-state index is 0.112. The fraction of sp³-hybridized carbons (Fsp3) is 0.526. The number of carbonyl (C=O) groups is 1. The Morgan fingerprint density at radius 2 is 1.70 bits per heavy atom. The van der Waals surface area contributed by atoms with Crippen molar-refractivity contribution in [3.05, 3.63) is 42.0 Å². The van der Waals surface area contributed by atoms with Gasteiger partial charge in [-0.25, -0.2) is 9.49 Å². The van der Waals surface area contributed by atoms with E-state index in [1.807, 2.05) is 4.90 Å². The molecule has 0 aliphatic carbocycles. The van der Waals surface area contributed by atoms with Gasteiger partial charge in [-0.15, -0.1) is 0 Å². The zero-order chi connectivity index (χ0) is 18.6. The largest absolute Gasteiger partial charge is 0.338 e. The van der Waals surface area contributed by atoms with Gasteiger partial charge in [-0.2, -0.15) is 10.1 Å². The molecule has 8 heteroatoms. The van der Waals surface area contributed by atoms with Gasteiger partial charge < -0.3 is 9.80 Å². The molecule has 1 atom stereocenters. The van der Waals surface area contributed by atoms with Crippen LogP contribution >= 0.6 is 0 Å². The highest BCUT2D eigenvalue weighted by atomic mass is 19.1. The summed E-state index contributed by atoms with van der Waals surface area (Å²) < 4.78 is 13.4. The van der Waals surface area contributed by atoms with Crippen molar-refractivity contribution in [1.82, 2.24) is 25.0 Å². The number of nitrogens with zero attached hydrogens (tertiary/aromatic N) is 5. The van der Waals surface area contributed by atoms with E-state index in [1.54, 1.807) is 12.1 Å². The van der Waals surface area contributed by atoms with Crippen LogP contribution in [-0.4, -0.2) is 70.2 Å². The second-order valence-electron chi connectivity index (χ2n) is 7.17. The van der Waals surface area contributed by atoms with E-state index in [0.717, 1.165) is 50.5 Å². The predicted molar refractivity (Wildman–Crippen MR) is 99.7 cm³/mol. The summed E-state index contributed by atoms with van der Waals surface area (Å²) >= 11 is 0. The van der Waals surface area contributed by atoms with E-state index in [1.165, 1.54) is 24.9 Å². The van der Waals surface area contributed by atoms with E-state index in [4.69, 9.17) is 0 Å². The fourth-order valence-electron chi connectivity index (χ4n) is 3.99. The molecule has 0 spiro atoms. The molecular formula is C19H25FN6O. The first kappa shape index (κ1) is 17.9. The Labute approximate surface area is 158 Å². The molecule has 2 aromatic rings. The van der Waals surface area contributed by atoms with Crippen LogP contribution in [0.1, 0.15) is 30.9 Å². The van der Waals surface area contributed by atoms with Gasteiger partial charge in [-0.3, -0.25) is 9.69 Å². The molecule has 0 radical (unpaired) electrons. The van der Waals surface area contributed by atoms with Gasteiger partial charge in [-0.1, -0.05) is 18.6 Å². The molecule has 3 heterocycles. The van der Waals surface area contributed by atoms with E-state index in [0.29, 0.717) is 13.1 Å². The Morgan fingerprint density at radius 3 is 2.33 bits per heavy atom. The highest BCUT2D eigenvalue weighted by Crippen LogP contribution is 2.27. The van der Waals surface area contributed by atoms with E-state index in [2.05, 4.69) is 25.0 Å². The average Bonchev–Trinajstić information content (AvgIpc) is 3.25. The molecule has 4 rings (SSSR count). The molecule has 2 fully saturated rings. The lowest BCUT2D eigenvalue weighted by Crippen LogP contribution is -2.53. The number of anilines is 1. The normalized spacial score (nSPS) is 19.9. The lowest BCUT2D eigenvalue weighted by Gasteiger charge is -2.40. The molecule has 27 heavy (non-hydrogen) atoms. The van der Waals surface area contributed by atoms with Gasteiger partial charge in [0.25, 0.3) is 0 Å². The van der Waals surface area contributed by atoms with Crippen LogP contribution in [0.3, 0.4) is 0 Å². The van der Waals surface area contributed by atoms with Gasteiger partial charge in [0, 0.05) is 26.2 Å². The molecule has 1 amide bonds. The SMILES string of the molecule is O=C(C(c1ccc(F)cc1)N1CCCCC1)N1CCN(c2ncn[nH]2)CC1. The Morgan fingerprint density at radius 1 is 1.00 bits per heavy atom. The average molecular weight is 372 g/mol. The summed E-state index contributed by atoms with van der Waals surface area (Å²) in [5.41, 5.74) is 0.876. The molecule has 0 bridgehead atoms. The highest BCUT2D eigenvalue weighted by molar-refractivity contribution is 5.83. The number of piperidine rings is 1. The second-order valence-corrected chi connectivity index (χ2v) is 7.17. The molecule has 2 aliphatic rings. The number of hydrogen-bond acceptors (Lipinski definition) is 5. The summed E-state index contributed by atoms with van der Waals surface area (Å²) in [6, 6.07) is 6.06. The van der Waals surface area contributed by atoms with Gasteiger partial charge in [-0.05, 0) is 43.6 Å². The lowest BCUT2D eigenvalue weighted by molar-refractivity contribution is -0.138. The summed E-state index contributed by atoms with van der Waals surface area (Å²) in [5, 5.41) is 6.77. The topological polar surface area (TPSA) is 68.4 Å². The third kappa shape index (κ3) is 3.95. The lowest BCUT2D eigenvalue weighted by atomic mass is 10.00. The number of aromatic amines is 1. The summed E-state index contributed by atoms with van der Waals surface area (Å²) in [4.78, 5) is 23.9. The maximum atomic E-state index is 13.4. The van der Waals surface area contributed by atoms with Crippen molar-refractivity contribution in [3.63, 3.8) is 0 Å². The number of rotatable bonds is 4. The molecule has 144 valence electrons. The van der Waals surface area contributed by atoms with E-state index in [-0.39, 0.29) is 17.8 Å². The molecule has 1 N–H and O–H groups in total. The third-order valence-electron chi connectivity index (χ3n) is 5.47. The molecule has 1 aromatic carbocycles. The van der Waals surface area contributed by atoms with Crippen molar-refractivity contribution in [2.24, 2.45) is 0 Å². The van der Waals surface area contributed by atoms with Crippen LogP contribution in [-0.2, 0) is 4.79 Å². The first-order valence-corrected chi connectivity index (χ1v) is 9.61. The van der Waals surface area contributed by atoms with Crippen LogP contribution in [0.2, 0.25) is 0 Å². The maximum Gasteiger partial charge on any atom is 0.244 e. The number of piperazine rings is 1. The standard InChI is InChI=1S/C19H25FN6O/c20-16-6-4-15(5-7-16)17(24-8-2-1-3-9-24)18(27)25-10-12-26(13-11-25)19-21-14-22-23-19/h4-7,14,17H,1-3,8-13H2,(H,21,22,23). The third-order valence-corrected chi connectivity index (χ3v) is 5.47. The highest BCUT2D eigenvalue weighted by Gasteiger charge is 2.33. The fourth-order valence-corrected chi connectivity index (χ4v) is 3.99. The first-order chi connectivity index (χ1) is 13.2. The number of benzene rings is 1. The van der Waals surface area contributed by atoms with Crippen LogP contribution < -0.4 is 4.90 Å². The van der Waals surface area contributed by atoms with Crippen molar-refractivity contribution in [3.8, 4) is 0 Å². The monoisotopic (exact) mass is 372 g/mol. The number of hydrogen-bond donors (Lipinski definition) is 1. The van der Waals surface area contributed by atoms with Gasteiger partial charge in [0.05, 0.1) is 0 Å². The van der Waals surface area contributed by atoms with Crippen LogP contribution in [0.15, 0.2) is 30.6 Å². The number of halogens is 1. The number of H-pyrrole nitrogens is 1. The van der Waals surface area contributed by atoms with Crippen molar-refractivity contribution >= 4 is 11.9 Å². The Balaban J connectivity index is 1.49. The van der Waals surface area contributed by atoms with Crippen molar-refractivity contribution in [2.45, 2.75) is 25.3 Å². The van der Waals surface area contributed by atoms with E-state index < -0.39 is 0 Å². The molecule has 7 nitrogen and oxygen atoms in total. The minimum atomic E-state index is -0.331. The van der Waals surface area contributed by atoms with Crippen molar-refractivity contribution < 1.29 is 9.18 Å². The summed E-state index contributed by atoms with van der Waals surface area (Å²) in [6.45, 7) is 4.54. The molecule has 2 aliphatic heterocycles. The van der Waals surface area contributed by atoms with Gasteiger partial charge in [0.2, 0.25) is 11.9 Å². The van der Waals surface area contributed by atoms with Gasteiger partial charge in [0.15, 0.2) is 0 Å². The number of aromatic nitrogens is 3. The Hall–Kier alpha value is -2.48. The van der Waals surface area contributed by atoms with Crippen LogP contribution in [0.5, 0.6) is 0 Å². The van der Waals surface area contributed by atoms with Crippen molar-refractivity contribution in [2.75, 3.05) is 44.2 Å². The molecule has 2 saturated heterocycles. The van der Waals surface area contributed by atoms with Gasteiger partial charge in [0.1, 0.15) is 18.2 Å². The molecule has 1 unspecified atom stereocenters. The minimum Gasteiger partial charge on any atom is -0.338 e. The smallest absolute Gasteiger partial charge is 0.244 e. The predicted octanol–water partition coefficient (Wildman–Crippen LogP) is 1.82. The van der Waals surface area contributed by atoms with Crippen LogP contribution in [0.25, 0.3) is 0 Å². The van der Waals surface area contributed by atoms with E-state index in [9.17, 15) is 9.18 Å². The van der Waals surface area contributed by atoms with E-state index >= 15 is 0 Å². The zero-order valence-corrected chi connectivity index (χ0v) is 15.4. The summed E-state index contributed by atoms with van der Waals surface area (Å²) in [5.74, 6) is 0.582. The quantitative estimate of drug-likeness (QED) is 0.887. The molecular weight excluding hydrogens is 347 g/mol. The number of likely N-dealkylation sites (tertiary alicyclic amines) is 1.